The van der Waals surface area contributed by atoms with Crippen molar-refractivity contribution in [3.8, 4) is 0 Å². The van der Waals surface area contributed by atoms with Crippen LogP contribution >= 0.6 is 0 Å². The molecule has 0 saturated heterocycles. The summed E-state index contributed by atoms with van der Waals surface area (Å²) in [5.74, 6) is 0.0425. The van der Waals surface area contributed by atoms with E-state index in [-0.39, 0.29) is 17.9 Å². The fourth-order valence-corrected chi connectivity index (χ4v) is 2.67. The van der Waals surface area contributed by atoms with Gasteiger partial charge in [0.2, 0.25) is 11.8 Å². The van der Waals surface area contributed by atoms with Crippen molar-refractivity contribution in [3.05, 3.63) is 41.4 Å². The SMILES string of the molecule is COC(=O)OC1=C(C)NC(C)=C(OC(=O)OC(C)C)N1c1cccc2nonc12. The first-order valence-electron chi connectivity index (χ1n) is 8.66. The van der Waals surface area contributed by atoms with E-state index in [2.05, 4.69) is 20.4 Å². The van der Waals surface area contributed by atoms with Gasteiger partial charge in [0, 0.05) is 0 Å². The number of rotatable bonds is 4. The summed E-state index contributed by atoms with van der Waals surface area (Å²) < 4.78 is 25.3. The van der Waals surface area contributed by atoms with Crippen molar-refractivity contribution in [3.63, 3.8) is 0 Å². The van der Waals surface area contributed by atoms with Crippen molar-refractivity contribution in [2.24, 2.45) is 0 Å². The van der Waals surface area contributed by atoms with Crippen molar-refractivity contribution in [1.29, 1.82) is 0 Å². The van der Waals surface area contributed by atoms with Crippen LogP contribution < -0.4 is 10.2 Å². The minimum atomic E-state index is -0.958. The summed E-state index contributed by atoms with van der Waals surface area (Å²) in [6.07, 6.45) is -2.27. The second-order valence-corrected chi connectivity index (χ2v) is 6.30. The lowest BCUT2D eigenvalue weighted by Gasteiger charge is -2.33. The van der Waals surface area contributed by atoms with Gasteiger partial charge in [-0.15, -0.1) is 0 Å². The number of hydrogen-bond donors (Lipinski definition) is 1. The fourth-order valence-electron chi connectivity index (χ4n) is 2.67. The second kappa shape index (κ2) is 8.09. The Hall–Kier alpha value is -3.76. The smallest absolute Gasteiger partial charge is 0.437 e. The van der Waals surface area contributed by atoms with Gasteiger partial charge in [0.05, 0.1) is 30.3 Å². The minimum Gasteiger partial charge on any atom is -0.437 e. The molecule has 3 rings (SSSR count). The maximum Gasteiger partial charge on any atom is 0.515 e. The van der Waals surface area contributed by atoms with Gasteiger partial charge in [-0.1, -0.05) is 6.07 Å². The van der Waals surface area contributed by atoms with Crippen LogP contribution in [-0.4, -0.2) is 35.8 Å². The molecule has 0 atom stereocenters. The molecule has 1 aromatic carbocycles. The fraction of sp³-hybridized carbons (Fsp3) is 0.333. The molecule has 0 amide bonds. The van der Waals surface area contributed by atoms with Gasteiger partial charge < -0.3 is 24.3 Å². The highest BCUT2D eigenvalue weighted by molar-refractivity contribution is 5.90. The van der Waals surface area contributed by atoms with Crippen molar-refractivity contribution in [1.82, 2.24) is 15.6 Å². The zero-order valence-corrected chi connectivity index (χ0v) is 16.5. The van der Waals surface area contributed by atoms with Gasteiger partial charge in [-0.3, -0.25) is 0 Å². The molecule has 1 aromatic heterocycles. The number of hydrogen-bond acceptors (Lipinski definition) is 11. The summed E-state index contributed by atoms with van der Waals surface area (Å²) in [5, 5.41) is 10.7. The van der Waals surface area contributed by atoms with E-state index in [0.717, 1.165) is 0 Å². The van der Waals surface area contributed by atoms with Crippen LogP contribution in [0, 0.1) is 0 Å². The lowest BCUT2D eigenvalue weighted by Crippen LogP contribution is -2.38. The van der Waals surface area contributed by atoms with Crippen LogP contribution in [0.2, 0.25) is 0 Å². The number of allylic oxidation sites excluding steroid dienone is 2. The first kappa shape index (κ1) is 20.0. The average Bonchev–Trinajstić information content (AvgIpc) is 3.14. The number of nitrogens with zero attached hydrogens (tertiary/aromatic N) is 3. The van der Waals surface area contributed by atoms with Gasteiger partial charge in [0.15, 0.2) is 5.52 Å². The van der Waals surface area contributed by atoms with Gasteiger partial charge >= 0.3 is 12.3 Å². The van der Waals surface area contributed by atoms with E-state index in [4.69, 9.17) is 18.8 Å². The molecular formula is C18H20N4O7. The Bertz CT molecular complexity index is 1010. The molecule has 11 nitrogen and oxygen atoms in total. The van der Waals surface area contributed by atoms with E-state index < -0.39 is 12.3 Å². The van der Waals surface area contributed by atoms with E-state index in [1.165, 1.54) is 12.0 Å². The molecule has 0 aliphatic carbocycles. The number of nitrogens with one attached hydrogen (secondary N) is 1. The first-order chi connectivity index (χ1) is 13.8. The highest BCUT2D eigenvalue weighted by atomic mass is 16.7. The molecular weight excluding hydrogens is 384 g/mol. The van der Waals surface area contributed by atoms with Crippen molar-refractivity contribution in [2.45, 2.75) is 33.8 Å². The van der Waals surface area contributed by atoms with Crippen LogP contribution in [0.4, 0.5) is 15.3 Å². The maximum atomic E-state index is 12.2. The summed E-state index contributed by atoms with van der Waals surface area (Å²) in [6.45, 7) is 6.75. The maximum absolute atomic E-state index is 12.2. The number of anilines is 1. The summed E-state index contributed by atoms with van der Waals surface area (Å²) in [4.78, 5) is 25.4. The molecule has 11 heteroatoms. The Kier molecular flexibility index (Phi) is 5.57. The molecule has 1 N–H and O–H groups in total. The van der Waals surface area contributed by atoms with Crippen LogP contribution in [-0.2, 0) is 18.9 Å². The molecule has 0 fully saturated rings. The van der Waals surface area contributed by atoms with Crippen molar-refractivity contribution in [2.75, 3.05) is 12.0 Å². The molecule has 1 aliphatic rings. The molecule has 0 radical (unpaired) electrons. The van der Waals surface area contributed by atoms with Crippen LogP contribution in [0.15, 0.2) is 46.0 Å². The highest BCUT2D eigenvalue weighted by Crippen LogP contribution is 2.35. The summed E-state index contributed by atoms with van der Waals surface area (Å²) >= 11 is 0. The van der Waals surface area contributed by atoms with Crippen molar-refractivity contribution >= 4 is 29.0 Å². The molecule has 0 bridgehead atoms. The van der Waals surface area contributed by atoms with Crippen molar-refractivity contribution < 1.29 is 33.2 Å². The predicted octanol–water partition coefficient (Wildman–Crippen LogP) is 3.36. The summed E-state index contributed by atoms with van der Waals surface area (Å²) in [6, 6.07) is 5.07. The Balaban J connectivity index is 2.12. The first-order valence-corrected chi connectivity index (χ1v) is 8.66. The standard InChI is InChI=1S/C18H20N4O7/c1-9(2)26-18(24)28-16-11(4)19-10(3)15(27-17(23)25-5)22(16)13-8-6-7-12-14(13)21-29-20-12/h6-9,19H,1-5H3. The van der Waals surface area contributed by atoms with Gasteiger partial charge in [-0.25, -0.2) is 19.1 Å². The van der Waals surface area contributed by atoms with Gasteiger partial charge in [-0.2, -0.15) is 0 Å². The molecule has 0 saturated carbocycles. The molecule has 0 unspecified atom stereocenters. The number of carbonyl (C=O) groups is 2. The van der Waals surface area contributed by atoms with E-state index in [9.17, 15) is 9.59 Å². The average molecular weight is 404 g/mol. The quantitative estimate of drug-likeness (QED) is 0.754. The summed E-state index contributed by atoms with van der Waals surface area (Å²) in [7, 11) is 1.18. The number of ether oxygens (including phenoxy) is 4. The van der Waals surface area contributed by atoms with Crippen LogP contribution in [0.25, 0.3) is 11.0 Å². The highest BCUT2D eigenvalue weighted by Gasteiger charge is 2.34. The lowest BCUT2D eigenvalue weighted by atomic mass is 10.2. The number of methoxy groups -OCH3 is 1. The number of carbonyl (C=O) groups excluding carboxylic acids is 2. The second-order valence-electron chi connectivity index (χ2n) is 6.30. The van der Waals surface area contributed by atoms with Gasteiger partial charge in [0.1, 0.15) is 5.52 Å². The molecule has 154 valence electrons. The number of fused-ring (bicyclic) bond motifs is 1. The monoisotopic (exact) mass is 404 g/mol. The lowest BCUT2D eigenvalue weighted by molar-refractivity contribution is 0.0494. The van der Waals surface area contributed by atoms with E-state index in [0.29, 0.717) is 28.1 Å². The Morgan fingerprint density at radius 2 is 1.72 bits per heavy atom. The van der Waals surface area contributed by atoms with Crippen LogP contribution in [0.5, 0.6) is 0 Å². The Morgan fingerprint density at radius 3 is 2.34 bits per heavy atom. The third kappa shape index (κ3) is 4.08. The normalized spacial score (nSPS) is 14.2. The van der Waals surface area contributed by atoms with E-state index in [1.54, 1.807) is 45.9 Å². The largest absolute Gasteiger partial charge is 0.515 e. The van der Waals surface area contributed by atoms with Crippen LogP contribution in [0.3, 0.4) is 0 Å². The number of benzene rings is 1. The molecule has 2 aromatic rings. The number of aromatic nitrogens is 2. The van der Waals surface area contributed by atoms with Gasteiger partial charge in [0.25, 0.3) is 0 Å². The zero-order valence-electron chi connectivity index (χ0n) is 16.5. The minimum absolute atomic E-state index is 0.0188. The molecule has 1 aliphatic heterocycles. The molecule has 29 heavy (non-hydrogen) atoms. The third-order valence-electron chi connectivity index (χ3n) is 3.79. The molecule has 2 heterocycles. The third-order valence-corrected chi connectivity index (χ3v) is 3.79. The van der Waals surface area contributed by atoms with E-state index >= 15 is 0 Å². The predicted molar refractivity (Wildman–Crippen MR) is 99.0 cm³/mol. The zero-order chi connectivity index (χ0) is 21.1. The topological polar surface area (TPSA) is 125 Å². The van der Waals surface area contributed by atoms with Gasteiger partial charge in [-0.05, 0) is 50.1 Å². The molecule has 0 spiro atoms. The van der Waals surface area contributed by atoms with E-state index in [1.807, 2.05) is 0 Å². The Labute approximate surface area is 165 Å². The summed E-state index contributed by atoms with van der Waals surface area (Å²) in [5.41, 5.74) is 2.15. The van der Waals surface area contributed by atoms with Crippen LogP contribution in [0.1, 0.15) is 27.7 Å². The Morgan fingerprint density at radius 1 is 1.07 bits per heavy atom.